The van der Waals surface area contributed by atoms with Gasteiger partial charge < -0.3 is 4.90 Å². The van der Waals surface area contributed by atoms with Crippen molar-refractivity contribution in [1.29, 1.82) is 0 Å². The molecule has 3 aliphatic rings. The molecule has 5 rings (SSSR count). The molecule has 0 aliphatic carbocycles. The van der Waals surface area contributed by atoms with Crippen LogP contribution in [0.25, 0.3) is 0 Å². The number of carbonyl (C=O) groups is 3. The Morgan fingerprint density at radius 3 is 2.43 bits per heavy atom. The van der Waals surface area contributed by atoms with Gasteiger partial charge in [-0.15, -0.1) is 0 Å². The number of piperidine rings is 2. The number of nitrogens with zero attached hydrogens (tertiary/aromatic N) is 2. The average Bonchev–Trinajstić information content (AvgIpc) is 3.19. The number of hydrogen-bond donors (Lipinski definition) is 1. The van der Waals surface area contributed by atoms with Crippen molar-refractivity contribution in [3.8, 4) is 0 Å². The summed E-state index contributed by atoms with van der Waals surface area (Å²) in [6.07, 6.45) is 1.36. The number of imide groups is 1. The van der Waals surface area contributed by atoms with Crippen LogP contribution >= 0.6 is 0 Å². The lowest BCUT2D eigenvalue weighted by Crippen LogP contribution is -2.52. The summed E-state index contributed by atoms with van der Waals surface area (Å²) >= 11 is 0. The highest BCUT2D eigenvalue weighted by atomic mass is 32.2. The molecular formula is C27H30FN3O5S. The number of carbonyl (C=O) groups excluding carboxylic acids is 3. The van der Waals surface area contributed by atoms with Gasteiger partial charge in [-0.05, 0) is 72.1 Å². The van der Waals surface area contributed by atoms with Crippen LogP contribution in [-0.2, 0) is 26.2 Å². The van der Waals surface area contributed by atoms with Crippen molar-refractivity contribution in [2.24, 2.45) is 0 Å². The molecule has 37 heavy (non-hydrogen) atoms. The van der Waals surface area contributed by atoms with Crippen LogP contribution in [0.5, 0.6) is 0 Å². The minimum atomic E-state index is -3.66. The smallest absolute Gasteiger partial charge is 0.255 e. The largest absolute Gasteiger partial charge is 0.322 e. The monoisotopic (exact) mass is 527 g/mol. The maximum Gasteiger partial charge on any atom is 0.255 e. The zero-order valence-corrected chi connectivity index (χ0v) is 21.7. The molecular weight excluding hydrogens is 497 g/mol. The molecule has 2 aromatic carbocycles. The predicted molar refractivity (Wildman–Crippen MR) is 134 cm³/mol. The van der Waals surface area contributed by atoms with Crippen LogP contribution in [0.1, 0.15) is 78.4 Å². The van der Waals surface area contributed by atoms with Crippen molar-refractivity contribution < 1.29 is 27.2 Å². The molecule has 10 heteroatoms. The van der Waals surface area contributed by atoms with Crippen LogP contribution in [0.15, 0.2) is 41.3 Å². The second-order valence-corrected chi connectivity index (χ2v) is 12.3. The van der Waals surface area contributed by atoms with Crippen LogP contribution in [0.2, 0.25) is 0 Å². The lowest BCUT2D eigenvalue weighted by Gasteiger charge is -2.32. The first-order valence-corrected chi connectivity index (χ1v) is 14.1. The number of amides is 3. The Labute approximate surface area is 215 Å². The third kappa shape index (κ3) is 4.68. The van der Waals surface area contributed by atoms with Crippen molar-refractivity contribution in [2.45, 2.75) is 68.8 Å². The second-order valence-electron chi connectivity index (χ2n) is 10.3. The normalized spacial score (nSPS) is 21.5. The molecule has 3 aliphatic heterocycles. The van der Waals surface area contributed by atoms with Gasteiger partial charge >= 0.3 is 0 Å². The first-order valence-electron chi connectivity index (χ1n) is 12.6. The van der Waals surface area contributed by atoms with E-state index in [0.717, 1.165) is 5.56 Å². The Bertz CT molecular complexity index is 1380. The third-order valence-corrected chi connectivity index (χ3v) is 9.61. The predicted octanol–water partition coefficient (Wildman–Crippen LogP) is 3.28. The van der Waals surface area contributed by atoms with E-state index in [0.29, 0.717) is 24.0 Å². The van der Waals surface area contributed by atoms with Crippen molar-refractivity contribution in [1.82, 2.24) is 14.5 Å². The second kappa shape index (κ2) is 9.64. The molecule has 0 radical (unpaired) electrons. The summed E-state index contributed by atoms with van der Waals surface area (Å²) in [7, 11) is -3.66. The Morgan fingerprint density at radius 1 is 1.03 bits per heavy atom. The van der Waals surface area contributed by atoms with E-state index in [1.807, 2.05) is 19.9 Å². The van der Waals surface area contributed by atoms with Crippen LogP contribution in [0.4, 0.5) is 4.39 Å². The highest BCUT2D eigenvalue weighted by molar-refractivity contribution is 7.89. The summed E-state index contributed by atoms with van der Waals surface area (Å²) in [6, 6.07) is 8.87. The standard InChI is InChI=1S/C27H30FN3O5S/c1-16(2)18-4-3-5-20(12-18)37(35,36)30-10-8-17(9-11-30)21-13-19(28)14-22-23(21)15-31(27(22)34)24-6-7-25(32)29-26(24)33/h3-5,12-14,16-17,24H,6-11,15H2,1-2H3,(H,29,32,33). The van der Waals surface area contributed by atoms with Crippen molar-refractivity contribution in [3.63, 3.8) is 0 Å². The minimum Gasteiger partial charge on any atom is -0.322 e. The SMILES string of the molecule is CC(C)c1cccc(S(=O)(=O)N2CCC(c3cc(F)cc4c3CN(C3CCC(=O)NC3=O)C4=O)CC2)c1. The van der Waals surface area contributed by atoms with E-state index in [4.69, 9.17) is 0 Å². The van der Waals surface area contributed by atoms with Gasteiger partial charge in [0.25, 0.3) is 5.91 Å². The van der Waals surface area contributed by atoms with Crippen molar-refractivity contribution in [3.05, 3.63) is 64.5 Å². The van der Waals surface area contributed by atoms with E-state index in [1.54, 1.807) is 18.2 Å². The molecule has 0 saturated carbocycles. The molecule has 0 aromatic heterocycles. The van der Waals surface area contributed by atoms with E-state index in [-0.39, 0.29) is 60.7 Å². The topological polar surface area (TPSA) is 104 Å². The molecule has 2 saturated heterocycles. The molecule has 1 atom stereocenters. The van der Waals surface area contributed by atoms with Gasteiger partial charge in [-0.25, -0.2) is 12.8 Å². The van der Waals surface area contributed by atoms with E-state index >= 15 is 0 Å². The lowest BCUT2D eigenvalue weighted by atomic mass is 9.86. The summed E-state index contributed by atoms with van der Waals surface area (Å²) < 4.78 is 42.7. The van der Waals surface area contributed by atoms with E-state index in [2.05, 4.69) is 5.32 Å². The fourth-order valence-corrected chi connectivity index (χ4v) is 7.13. The first-order chi connectivity index (χ1) is 17.6. The number of benzene rings is 2. The number of fused-ring (bicyclic) bond motifs is 1. The summed E-state index contributed by atoms with van der Waals surface area (Å²) in [5.41, 5.74) is 2.57. The van der Waals surface area contributed by atoms with Gasteiger partial charge in [-0.2, -0.15) is 4.31 Å². The molecule has 3 amide bonds. The van der Waals surface area contributed by atoms with Crippen LogP contribution in [0.3, 0.4) is 0 Å². The van der Waals surface area contributed by atoms with Crippen molar-refractivity contribution in [2.75, 3.05) is 13.1 Å². The molecule has 1 N–H and O–H groups in total. The highest BCUT2D eigenvalue weighted by Gasteiger charge is 2.41. The Kier molecular flexibility index (Phi) is 6.66. The Hall–Kier alpha value is -3.11. The third-order valence-electron chi connectivity index (χ3n) is 7.71. The molecule has 0 spiro atoms. The minimum absolute atomic E-state index is 0.118. The summed E-state index contributed by atoms with van der Waals surface area (Å²) in [4.78, 5) is 38.7. The van der Waals surface area contributed by atoms with Crippen LogP contribution < -0.4 is 5.32 Å². The Balaban J connectivity index is 1.35. The average molecular weight is 528 g/mol. The fourth-order valence-electron chi connectivity index (χ4n) is 5.61. The number of rotatable bonds is 5. The van der Waals surface area contributed by atoms with Crippen LogP contribution in [-0.4, -0.2) is 54.5 Å². The van der Waals surface area contributed by atoms with E-state index in [1.165, 1.54) is 21.3 Å². The van der Waals surface area contributed by atoms with Crippen molar-refractivity contribution >= 4 is 27.7 Å². The maximum absolute atomic E-state index is 14.6. The number of hydrogen-bond acceptors (Lipinski definition) is 5. The van der Waals surface area contributed by atoms with Gasteiger partial charge in [0.1, 0.15) is 11.9 Å². The summed E-state index contributed by atoms with van der Waals surface area (Å²) in [5, 5.41) is 2.28. The Morgan fingerprint density at radius 2 is 1.76 bits per heavy atom. The molecule has 2 aromatic rings. The van der Waals surface area contributed by atoms with Gasteiger partial charge in [0, 0.05) is 31.6 Å². The number of nitrogens with one attached hydrogen (secondary N) is 1. The van der Waals surface area contributed by atoms with Gasteiger partial charge in [0.15, 0.2) is 0 Å². The zero-order valence-electron chi connectivity index (χ0n) is 20.9. The first kappa shape index (κ1) is 25.5. The lowest BCUT2D eigenvalue weighted by molar-refractivity contribution is -0.136. The van der Waals surface area contributed by atoms with E-state index in [9.17, 15) is 27.2 Å². The number of halogens is 1. The molecule has 0 bridgehead atoms. The molecule has 1 unspecified atom stereocenters. The van der Waals surface area contributed by atoms with Gasteiger partial charge in [0.05, 0.1) is 4.90 Å². The van der Waals surface area contributed by atoms with Gasteiger partial charge in [-0.3, -0.25) is 19.7 Å². The zero-order chi connectivity index (χ0) is 26.5. The highest BCUT2D eigenvalue weighted by Crippen LogP contribution is 2.38. The molecule has 3 heterocycles. The number of sulfonamides is 1. The fraction of sp³-hybridized carbons (Fsp3) is 0.444. The van der Waals surface area contributed by atoms with Gasteiger partial charge in [-0.1, -0.05) is 26.0 Å². The summed E-state index contributed by atoms with van der Waals surface area (Å²) in [5.74, 6) is -1.75. The van der Waals surface area contributed by atoms with Gasteiger partial charge in [0.2, 0.25) is 21.8 Å². The van der Waals surface area contributed by atoms with Crippen LogP contribution in [0, 0.1) is 5.82 Å². The quantitative estimate of drug-likeness (QED) is 0.601. The molecule has 196 valence electrons. The summed E-state index contributed by atoms with van der Waals surface area (Å²) in [6.45, 7) is 4.77. The van der Waals surface area contributed by atoms with E-state index < -0.39 is 33.7 Å². The molecule has 2 fully saturated rings. The maximum atomic E-state index is 14.6. The molecule has 8 nitrogen and oxygen atoms in total.